The van der Waals surface area contributed by atoms with E-state index in [1.165, 1.54) is 5.56 Å². The van der Waals surface area contributed by atoms with Gasteiger partial charge in [0.1, 0.15) is 5.69 Å². The quantitative estimate of drug-likeness (QED) is 0.902. The van der Waals surface area contributed by atoms with Crippen LogP contribution < -0.4 is 0 Å². The van der Waals surface area contributed by atoms with Gasteiger partial charge in [-0.1, -0.05) is 45.0 Å². The summed E-state index contributed by atoms with van der Waals surface area (Å²) in [6.45, 7) is 6.40. The molecule has 1 aromatic carbocycles. The van der Waals surface area contributed by atoms with Crippen molar-refractivity contribution in [2.75, 3.05) is 0 Å². The van der Waals surface area contributed by atoms with Crippen molar-refractivity contribution >= 4 is 17.7 Å². The second kappa shape index (κ2) is 4.49. The lowest BCUT2D eigenvalue weighted by molar-refractivity contribution is 0.0692. The van der Waals surface area contributed by atoms with Gasteiger partial charge in [0.15, 0.2) is 5.69 Å². The highest BCUT2D eigenvalue weighted by atomic mass is 32.1. The van der Waals surface area contributed by atoms with Crippen LogP contribution in [0, 0.1) is 0 Å². The zero-order chi connectivity index (χ0) is 13.3. The first-order chi connectivity index (χ1) is 8.39. The Morgan fingerprint density at radius 1 is 1.17 bits per heavy atom. The Bertz CT molecular complexity index is 567. The van der Waals surface area contributed by atoms with Gasteiger partial charge in [-0.2, -0.15) is 8.75 Å². The highest BCUT2D eigenvalue weighted by molar-refractivity contribution is 6.99. The SMILES string of the molecule is CC(C)(C)c1ccc(-c2nsnc2C(=O)O)cc1. The van der Waals surface area contributed by atoms with Crippen molar-refractivity contribution in [2.24, 2.45) is 0 Å². The van der Waals surface area contributed by atoms with Crippen molar-refractivity contribution in [3.8, 4) is 11.3 Å². The van der Waals surface area contributed by atoms with Gasteiger partial charge < -0.3 is 5.11 Å². The van der Waals surface area contributed by atoms with E-state index in [0.29, 0.717) is 5.69 Å². The number of carboxylic acid groups (broad SMARTS) is 1. The zero-order valence-corrected chi connectivity index (χ0v) is 11.3. The van der Waals surface area contributed by atoms with Crippen LogP contribution in [0.1, 0.15) is 36.8 Å². The molecule has 0 bridgehead atoms. The minimum atomic E-state index is -1.04. The number of hydrogen-bond acceptors (Lipinski definition) is 4. The fourth-order valence-electron chi connectivity index (χ4n) is 1.65. The number of hydrogen-bond donors (Lipinski definition) is 1. The van der Waals surface area contributed by atoms with Crippen molar-refractivity contribution in [2.45, 2.75) is 26.2 Å². The summed E-state index contributed by atoms with van der Waals surface area (Å²) in [5.74, 6) is -1.04. The van der Waals surface area contributed by atoms with Gasteiger partial charge in [0.05, 0.1) is 11.7 Å². The van der Waals surface area contributed by atoms with Gasteiger partial charge in [0.25, 0.3) is 0 Å². The molecule has 94 valence electrons. The Labute approximate surface area is 110 Å². The summed E-state index contributed by atoms with van der Waals surface area (Å²) in [5.41, 5.74) is 2.52. The summed E-state index contributed by atoms with van der Waals surface area (Å²) in [5, 5.41) is 9.00. The van der Waals surface area contributed by atoms with E-state index in [-0.39, 0.29) is 11.1 Å². The molecule has 2 aromatic rings. The summed E-state index contributed by atoms with van der Waals surface area (Å²) in [4.78, 5) is 11.0. The van der Waals surface area contributed by atoms with Crippen LogP contribution in [0.25, 0.3) is 11.3 Å². The number of benzene rings is 1. The van der Waals surface area contributed by atoms with E-state index in [2.05, 4.69) is 29.5 Å². The first-order valence-electron chi connectivity index (χ1n) is 5.56. The standard InChI is InChI=1S/C13H14N2O2S/c1-13(2,3)9-6-4-8(5-7-9)10-11(12(16)17)15-18-14-10/h4-7H,1-3H3,(H,16,17). The van der Waals surface area contributed by atoms with E-state index in [1.807, 2.05) is 24.3 Å². The molecule has 0 aliphatic carbocycles. The molecule has 5 heteroatoms. The minimum Gasteiger partial charge on any atom is -0.476 e. The third-order valence-electron chi connectivity index (χ3n) is 2.72. The van der Waals surface area contributed by atoms with Crippen molar-refractivity contribution < 1.29 is 9.90 Å². The van der Waals surface area contributed by atoms with Crippen LogP contribution in [0.4, 0.5) is 0 Å². The lowest BCUT2D eigenvalue weighted by Crippen LogP contribution is -2.10. The van der Waals surface area contributed by atoms with Crippen LogP contribution in [0.15, 0.2) is 24.3 Å². The smallest absolute Gasteiger partial charge is 0.357 e. The minimum absolute atomic E-state index is 0.0171. The van der Waals surface area contributed by atoms with E-state index in [0.717, 1.165) is 17.3 Å². The zero-order valence-electron chi connectivity index (χ0n) is 10.5. The largest absolute Gasteiger partial charge is 0.476 e. The fraction of sp³-hybridized carbons (Fsp3) is 0.308. The Balaban J connectivity index is 2.41. The number of rotatable bonds is 2. The third kappa shape index (κ3) is 2.41. The normalized spacial score (nSPS) is 11.5. The molecule has 0 saturated heterocycles. The highest BCUT2D eigenvalue weighted by Crippen LogP contribution is 2.27. The topological polar surface area (TPSA) is 63.1 Å². The Morgan fingerprint density at radius 2 is 1.78 bits per heavy atom. The number of aromatic nitrogens is 2. The second-order valence-electron chi connectivity index (χ2n) is 5.09. The first-order valence-corrected chi connectivity index (χ1v) is 6.29. The molecule has 0 fully saturated rings. The Hall–Kier alpha value is -1.75. The molecule has 0 radical (unpaired) electrons. The monoisotopic (exact) mass is 262 g/mol. The molecule has 0 atom stereocenters. The van der Waals surface area contributed by atoms with E-state index < -0.39 is 5.97 Å². The van der Waals surface area contributed by atoms with Crippen LogP contribution in [0.3, 0.4) is 0 Å². The van der Waals surface area contributed by atoms with Crippen LogP contribution >= 0.6 is 11.7 Å². The van der Waals surface area contributed by atoms with E-state index in [4.69, 9.17) is 5.11 Å². The maximum atomic E-state index is 11.0. The van der Waals surface area contributed by atoms with Gasteiger partial charge in [-0.15, -0.1) is 0 Å². The maximum Gasteiger partial charge on any atom is 0.357 e. The first kappa shape index (κ1) is 12.7. The molecular weight excluding hydrogens is 248 g/mol. The van der Waals surface area contributed by atoms with Crippen LogP contribution in [0.2, 0.25) is 0 Å². The molecule has 2 rings (SSSR count). The van der Waals surface area contributed by atoms with Crippen molar-refractivity contribution in [1.82, 2.24) is 8.75 Å². The molecule has 0 aliphatic heterocycles. The van der Waals surface area contributed by atoms with Gasteiger partial charge in [-0.25, -0.2) is 4.79 Å². The number of carboxylic acids is 1. The van der Waals surface area contributed by atoms with Crippen LogP contribution in [-0.2, 0) is 5.41 Å². The molecule has 1 N–H and O–H groups in total. The van der Waals surface area contributed by atoms with Crippen LogP contribution in [-0.4, -0.2) is 19.8 Å². The molecule has 1 heterocycles. The number of aromatic carboxylic acids is 1. The van der Waals surface area contributed by atoms with E-state index >= 15 is 0 Å². The highest BCUT2D eigenvalue weighted by Gasteiger charge is 2.18. The number of nitrogens with zero attached hydrogens (tertiary/aromatic N) is 2. The van der Waals surface area contributed by atoms with Crippen molar-refractivity contribution in [3.05, 3.63) is 35.5 Å². The predicted molar refractivity (Wildman–Crippen MR) is 71.0 cm³/mol. The molecule has 0 spiro atoms. The summed E-state index contributed by atoms with van der Waals surface area (Å²) < 4.78 is 7.84. The van der Waals surface area contributed by atoms with Crippen molar-refractivity contribution in [1.29, 1.82) is 0 Å². The van der Waals surface area contributed by atoms with Gasteiger partial charge in [0.2, 0.25) is 0 Å². The summed E-state index contributed by atoms with van der Waals surface area (Å²) in [7, 11) is 0. The molecule has 0 aliphatic rings. The fourth-order valence-corrected chi connectivity index (χ4v) is 2.21. The molecule has 0 unspecified atom stereocenters. The van der Waals surface area contributed by atoms with Gasteiger partial charge in [0, 0.05) is 5.56 Å². The molecule has 4 nitrogen and oxygen atoms in total. The average Bonchev–Trinajstić information content (AvgIpc) is 2.77. The summed E-state index contributed by atoms with van der Waals surface area (Å²) in [6, 6.07) is 7.79. The molecular formula is C13H14N2O2S. The molecule has 1 aromatic heterocycles. The Morgan fingerprint density at radius 3 is 2.28 bits per heavy atom. The summed E-state index contributed by atoms with van der Waals surface area (Å²) in [6.07, 6.45) is 0. The average molecular weight is 262 g/mol. The van der Waals surface area contributed by atoms with Gasteiger partial charge in [-0.3, -0.25) is 0 Å². The molecule has 0 saturated carbocycles. The van der Waals surface area contributed by atoms with E-state index in [1.54, 1.807) is 0 Å². The van der Waals surface area contributed by atoms with Crippen LogP contribution in [0.5, 0.6) is 0 Å². The van der Waals surface area contributed by atoms with Gasteiger partial charge in [-0.05, 0) is 11.0 Å². The number of carbonyl (C=O) groups is 1. The lowest BCUT2D eigenvalue weighted by atomic mass is 9.86. The van der Waals surface area contributed by atoms with Crippen molar-refractivity contribution in [3.63, 3.8) is 0 Å². The maximum absolute atomic E-state index is 11.0. The Kier molecular flexibility index (Phi) is 3.17. The van der Waals surface area contributed by atoms with Gasteiger partial charge >= 0.3 is 5.97 Å². The summed E-state index contributed by atoms with van der Waals surface area (Å²) >= 11 is 0.918. The predicted octanol–water partition coefficient (Wildman–Crippen LogP) is 3.20. The molecule has 18 heavy (non-hydrogen) atoms. The van der Waals surface area contributed by atoms with E-state index in [9.17, 15) is 4.79 Å². The lowest BCUT2D eigenvalue weighted by Gasteiger charge is -2.18. The molecule has 0 amide bonds. The third-order valence-corrected chi connectivity index (χ3v) is 3.24. The second-order valence-corrected chi connectivity index (χ2v) is 5.62.